The van der Waals surface area contributed by atoms with E-state index in [-0.39, 0.29) is 17.2 Å². The van der Waals surface area contributed by atoms with Crippen LogP contribution in [0.5, 0.6) is 11.5 Å². The largest absolute Gasteiger partial charge is 0.422 e. The number of fused-ring (bicyclic) bond motifs is 1. The van der Waals surface area contributed by atoms with Crippen molar-refractivity contribution < 1.29 is 23.5 Å². The van der Waals surface area contributed by atoms with Crippen LogP contribution in [0.4, 0.5) is 15.9 Å². The van der Waals surface area contributed by atoms with Crippen molar-refractivity contribution in [2.24, 2.45) is 10.8 Å². The van der Waals surface area contributed by atoms with Crippen molar-refractivity contribution in [2.75, 3.05) is 5.32 Å². The first-order valence-corrected chi connectivity index (χ1v) is 11.0. The van der Waals surface area contributed by atoms with E-state index in [1.165, 1.54) is 18.5 Å². The number of hydrogen-bond donors (Lipinski definition) is 1. The molecule has 0 fully saturated rings. The number of carbonyl (C=O) groups is 2. The molecule has 2 aromatic carbocycles. The monoisotopic (exact) mass is 517 g/mol. The fourth-order valence-corrected chi connectivity index (χ4v) is 2.92. The molecule has 0 aliphatic heterocycles. The van der Waals surface area contributed by atoms with Gasteiger partial charge in [-0.15, -0.1) is 0 Å². The topological polar surface area (TPSA) is 90.4 Å². The van der Waals surface area contributed by atoms with Gasteiger partial charge in [-0.25, -0.2) is 14.4 Å². The average molecular weight is 518 g/mol. The van der Waals surface area contributed by atoms with Crippen LogP contribution >= 0.6 is 15.9 Å². The van der Waals surface area contributed by atoms with E-state index in [2.05, 4.69) is 31.2 Å². The maximum atomic E-state index is 14.5. The minimum absolute atomic E-state index is 0.0348. The molecule has 1 N–H and O–H groups in total. The minimum atomic E-state index is -0.798. The van der Waals surface area contributed by atoms with E-state index >= 15 is 0 Å². The Balaban J connectivity index is 2.13. The minimum Gasteiger partial charge on any atom is -0.422 e. The number of aromatic nitrogens is 2. The first-order valence-electron chi connectivity index (χ1n) is 10.2. The van der Waals surface area contributed by atoms with Gasteiger partial charge in [0.05, 0.1) is 26.5 Å². The van der Waals surface area contributed by atoms with Gasteiger partial charge in [-0.1, -0.05) is 6.07 Å². The first-order chi connectivity index (χ1) is 15.3. The lowest BCUT2D eigenvalue weighted by atomic mass is 9.97. The van der Waals surface area contributed by atoms with Crippen molar-refractivity contribution in [1.82, 2.24) is 9.97 Å². The van der Waals surface area contributed by atoms with E-state index in [0.717, 1.165) is 0 Å². The number of nitrogens with zero attached hydrogens (tertiary/aromatic N) is 2. The fourth-order valence-electron chi connectivity index (χ4n) is 2.56. The van der Waals surface area contributed by atoms with Gasteiger partial charge in [-0.05, 0) is 75.7 Å². The van der Waals surface area contributed by atoms with Gasteiger partial charge in [0, 0.05) is 11.5 Å². The van der Waals surface area contributed by atoms with Crippen LogP contribution in [0.3, 0.4) is 0 Å². The second kappa shape index (κ2) is 9.05. The molecule has 9 heteroatoms. The summed E-state index contributed by atoms with van der Waals surface area (Å²) in [5.74, 6) is -1.12. The van der Waals surface area contributed by atoms with Crippen LogP contribution in [0.1, 0.15) is 41.5 Å². The third-order valence-corrected chi connectivity index (χ3v) is 5.15. The highest BCUT2D eigenvalue weighted by Crippen LogP contribution is 2.37. The summed E-state index contributed by atoms with van der Waals surface area (Å²) < 4.78 is 26.0. The third kappa shape index (κ3) is 5.65. The lowest BCUT2D eigenvalue weighted by molar-refractivity contribution is -0.145. The van der Waals surface area contributed by atoms with Crippen LogP contribution in [-0.4, -0.2) is 21.9 Å². The molecule has 174 valence electrons. The molecule has 0 saturated heterocycles. The van der Waals surface area contributed by atoms with E-state index in [4.69, 9.17) is 9.47 Å². The summed E-state index contributed by atoms with van der Waals surface area (Å²) in [6, 6.07) is 7.82. The molecule has 33 heavy (non-hydrogen) atoms. The standard InChI is InChI=1S/C24H25BrFN3O4/c1-23(2,3)21(30)32-17-10-13-16(11-18(17)33-22(31)24(4,5)6)27-12-28-20(13)29-15-9-7-8-14(25)19(15)26/h7-12H,1-6H3,(H,27,28,29). The van der Waals surface area contributed by atoms with Crippen molar-refractivity contribution in [3.63, 3.8) is 0 Å². The van der Waals surface area contributed by atoms with E-state index in [9.17, 15) is 14.0 Å². The van der Waals surface area contributed by atoms with Gasteiger partial charge in [-0.2, -0.15) is 0 Å². The number of halogens is 2. The highest BCUT2D eigenvalue weighted by Gasteiger charge is 2.29. The number of benzene rings is 2. The number of anilines is 2. The normalized spacial score (nSPS) is 11.9. The molecule has 0 atom stereocenters. The molecule has 0 saturated carbocycles. The molecule has 0 amide bonds. The van der Waals surface area contributed by atoms with Gasteiger partial charge in [0.2, 0.25) is 0 Å². The van der Waals surface area contributed by atoms with Gasteiger partial charge in [0.25, 0.3) is 0 Å². The van der Waals surface area contributed by atoms with Crippen LogP contribution in [0.15, 0.2) is 41.1 Å². The van der Waals surface area contributed by atoms with E-state index in [0.29, 0.717) is 21.2 Å². The Morgan fingerprint density at radius 1 is 0.939 bits per heavy atom. The molecular weight excluding hydrogens is 493 g/mol. The summed E-state index contributed by atoms with van der Waals surface area (Å²) in [6.07, 6.45) is 1.30. The highest BCUT2D eigenvalue weighted by atomic mass is 79.9. The molecule has 0 unspecified atom stereocenters. The Morgan fingerprint density at radius 3 is 2.09 bits per heavy atom. The number of carbonyl (C=O) groups excluding carboxylic acids is 2. The van der Waals surface area contributed by atoms with Crippen LogP contribution in [0.2, 0.25) is 0 Å². The molecule has 0 radical (unpaired) electrons. The van der Waals surface area contributed by atoms with Crippen LogP contribution in [0.25, 0.3) is 10.9 Å². The molecule has 1 heterocycles. The van der Waals surface area contributed by atoms with Gasteiger partial charge < -0.3 is 14.8 Å². The Labute approximate surface area is 199 Å². The Kier molecular flexibility index (Phi) is 6.74. The SMILES string of the molecule is CC(C)(C)C(=O)Oc1cc2ncnc(Nc3cccc(Br)c3F)c2cc1OC(=O)C(C)(C)C. The molecule has 3 rings (SSSR count). The quantitative estimate of drug-likeness (QED) is 0.326. The number of esters is 2. The lowest BCUT2D eigenvalue weighted by Gasteiger charge is -2.21. The number of rotatable bonds is 4. The molecule has 0 aliphatic rings. The number of nitrogens with one attached hydrogen (secondary N) is 1. The number of hydrogen-bond acceptors (Lipinski definition) is 7. The van der Waals surface area contributed by atoms with Crippen molar-refractivity contribution in [1.29, 1.82) is 0 Å². The summed E-state index contributed by atoms with van der Waals surface area (Å²) in [4.78, 5) is 33.6. The lowest BCUT2D eigenvalue weighted by Crippen LogP contribution is -2.28. The maximum Gasteiger partial charge on any atom is 0.316 e. The predicted molar refractivity (Wildman–Crippen MR) is 127 cm³/mol. The second-order valence-electron chi connectivity index (χ2n) is 9.54. The van der Waals surface area contributed by atoms with Crippen molar-refractivity contribution in [3.8, 4) is 11.5 Å². The Hall–Kier alpha value is -3.07. The average Bonchev–Trinajstić information content (AvgIpc) is 2.70. The highest BCUT2D eigenvalue weighted by molar-refractivity contribution is 9.10. The molecular formula is C24H25BrFN3O4. The molecule has 0 bridgehead atoms. The van der Waals surface area contributed by atoms with Crippen LogP contribution in [0, 0.1) is 16.6 Å². The molecule has 0 aliphatic carbocycles. The van der Waals surface area contributed by atoms with Gasteiger partial charge >= 0.3 is 11.9 Å². The third-order valence-electron chi connectivity index (χ3n) is 4.54. The molecule has 0 spiro atoms. The van der Waals surface area contributed by atoms with E-state index in [1.807, 2.05) is 0 Å². The zero-order valence-corrected chi connectivity index (χ0v) is 20.8. The first kappa shape index (κ1) is 24.6. The molecule has 1 aromatic heterocycles. The van der Waals surface area contributed by atoms with Gasteiger partial charge in [0.1, 0.15) is 12.1 Å². The Bertz CT molecular complexity index is 1230. The van der Waals surface area contributed by atoms with E-state index < -0.39 is 28.6 Å². The van der Waals surface area contributed by atoms with Crippen molar-refractivity contribution in [2.45, 2.75) is 41.5 Å². The summed E-state index contributed by atoms with van der Waals surface area (Å²) in [7, 11) is 0. The second-order valence-corrected chi connectivity index (χ2v) is 10.4. The predicted octanol–water partition coefficient (Wildman–Crippen LogP) is 6.18. The van der Waals surface area contributed by atoms with Crippen molar-refractivity contribution in [3.05, 3.63) is 46.9 Å². The van der Waals surface area contributed by atoms with E-state index in [1.54, 1.807) is 59.7 Å². The van der Waals surface area contributed by atoms with Crippen LogP contribution in [-0.2, 0) is 9.59 Å². The summed E-state index contributed by atoms with van der Waals surface area (Å²) in [6.45, 7) is 10.3. The summed E-state index contributed by atoms with van der Waals surface area (Å²) >= 11 is 3.16. The maximum absolute atomic E-state index is 14.5. The van der Waals surface area contributed by atoms with Gasteiger partial charge in [0.15, 0.2) is 17.3 Å². The number of ether oxygens (including phenoxy) is 2. The molecule has 7 nitrogen and oxygen atoms in total. The fraction of sp³-hybridized carbons (Fsp3) is 0.333. The smallest absolute Gasteiger partial charge is 0.316 e. The van der Waals surface area contributed by atoms with Crippen LogP contribution < -0.4 is 14.8 Å². The summed E-state index contributed by atoms with van der Waals surface area (Å²) in [5, 5.41) is 3.40. The Morgan fingerprint density at radius 2 is 1.52 bits per heavy atom. The summed E-state index contributed by atoms with van der Waals surface area (Å²) in [5.41, 5.74) is -0.971. The zero-order valence-electron chi connectivity index (χ0n) is 19.2. The molecule has 3 aromatic rings. The zero-order chi connectivity index (χ0) is 24.6. The van der Waals surface area contributed by atoms with Gasteiger partial charge in [-0.3, -0.25) is 9.59 Å². The van der Waals surface area contributed by atoms with Crippen molar-refractivity contribution >= 4 is 50.3 Å².